The highest BCUT2D eigenvalue weighted by atomic mass is 16.6. The molecule has 2 aromatic heterocycles. The Labute approximate surface area is 148 Å². The molecule has 1 aromatic carbocycles. The van der Waals surface area contributed by atoms with Crippen LogP contribution in [-0.2, 0) is 4.74 Å². The van der Waals surface area contributed by atoms with E-state index >= 15 is 0 Å². The first-order valence-corrected chi connectivity index (χ1v) is 7.98. The lowest BCUT2D eigenvalue weighted by atomic mass is 10.1. The van der Waals surface area contributed by atoms with Gasteiger partial charge in [0, 0.05) is 0 Å². The van der Waals surface area contributed by atoms with Crippen molar-refractivity contribution in [2.75, 3.05) is 5.73 Å². The van der Waals surface area contributed by atoms with Gasteiger partial charge in [0.15, 0.2) is 23.9 Å². The lowest BCUT2D eigenvalue weighted by Crippen LogP contribution is -2.47. The van der Waals surface area contributed by atoms with E-state index in [1.165, 1.54) is 17.2 Å². The van der Waals surface area contributed by atoms with Crippen molar-refractivity contribution in [1.29, 1.82) is 0 Å². The number of ether oxygens (including phenoxy) is 2. The average Bonchev–Trinajstić information content (AvgIpc) is 3.19. The summed E-state index contributed by atoms with van der Waals surface area (Å²) in [6.07, 6.45) is -2.68. The molecule has 1 unspecified atom stereocenters. The van der Waals surface area contributed by atoms with Crippen LogP contribution in [0.25, 0.3) is 11.2 Å². The maximum Gasteiger partial charge on any atom is 0.176 e. The van der Waals surface area contributed by atoms with Gasteiger partial charge in [0.2, 0.25) is 0 Å². The van der Waals surface area contributed by atoms with Crippen molar-refractivity contribution in [3.63, 3.8) is 0 Å². The first-order chi connectivity index (χ1) is 12.6. The number of aliphatic hydroxyl groups is 2. The van der Waals surface area contributed by atoms with Gasteiger partial charge in [-0.15, -0.1) is 0 Å². The van der Waals surface area contributed by atoms with E-state index in [1.807, 2.05) is 6.07 Å². The largest absolute Gasteiger partial charge is 0.473 e. The molecule has 1 aliphatic rings. The number of anilines is 1. The summed E-state index contributed by atoms with van der Waals surface area (Å²) in [5.74, 6) is 0.741. The lowest BCUT2D eigenvalue weighted by molar-refractivity contribution is -0.0739. The summed E-state index contributed by atoms with van der Waals surface area (Å²) in [5.41, 5.74) is 12.6. The summed E-state index contributed by atoms with van der Waals surface area (Å²) < 4.78 is 12.9. The molecule has 26 heavy (non-hydrogen) atoms. The molecular formula is C16H18N6O4. The summed E-state index contributed by atoms with van der Waals surface area (Å²) in [6.45, 7) is 0. The van der Waals surface area contributed by atoms with Crippen LogP contribution in [0, 0.1) is 0 Å². The van der Waals surface area contributed by atoms with Crippen molar-refractivity contribution in [3.05, 3.63) is 43.0 Å². The van der Waals surface area contributed by atoms with Crippen molar-refractivity contribution >= 4 is 17.0 Å². The number of imidazole rings is 1. The zero-order valence-corrected chi connectivity index (χ0v) is 13.6. The maximum absolute atomic E-state index is 10.4. The summed E-state index contributed by atoms with van der Waals surface area (Å²) >= 11 is 0. The van der Waals surface area contributed by atoms with E-state index in [1.54, 1.807) is 24.3 Å². The molecule has 4 rings (SSSR count). The number of nitrogens with zero attached hydrogens (tertiary/aromatic N) is 4. The number of nitrogens with two attached hydrogens (primary N) is 2. The predicted molar refractivity (Wildman–Crippen MR) is 90.7 cm³/mol. The number of aliphatic hydroxyl groups excluding tert-OH is 2. The molecule has 1 aliphatic heterocycles. The van der Waals surface area contributed by atoms with E-state index in [4.69, 9.17) is 20.9 Å². The van der Waals surface area contributed by atoms with Gasteiger partial charge < -0.3 is 25.4 Å². The molecule has 0 radical (unpaired) electrons. The van der Waals surface area contributed by atoms with Crippen LogP contribution in [0.4, 0.5) is 5.82 Å². The van der Waals surface area contributed by atoms with Crippen molar-refractivity contribution in [1.82, 2.24) is 19.5 Å². The number of hydrogen-bond acceptors (Lipinski definition) is 9. The van der Waals surface area contributed by atoms with Gasteiger partial charge in [0.05, 0.1) is 6.33 Å². The quantitative estimate of drug-likeness (QED) is 0.447. The molecule has 3 heterocycles. The fourth-order valence-electron chi connectivity index (χ4n) is 2.97. The first kappa shape index (κ1) is 16.7. The van der Waals surface area contributed by atoms with Crippen LogP contribution in [0.15, 0.2) is 43.0 Å². The minimum absolute atomic E-state index is 0.211. The van der Waals surface area contributed by atoms with Crippen LogP contribution in [0.3, 0.4) is 0 Å². The summed E-state index contributed by atoms with van der Waals surface area (Å²) in [7, 11) is 0. The Morgan fingerprint density at radius 3 is 2.65 bits per heavy atom. The Balaban J connectivity index is 1.58. The molecule has 10 nitrogen and oxygen atoms in total. The van der Waals surface area contributed by atoms with Crippen LogP contribution < -0.4 is 16.2 Å². The minimum atomic E-state index is -1.25. The number of nitrogen functional groups attached to an aromatic ring is 1. The second kappa shape index (κ2) is 6.50. The SMILES string of the molecule is Nc1ncnc2c1ncn2[C@H]1O[C@H](C(N)Oc2ccccc2)[C@@H](O)[C@H]1O. The second-order valence-electron chi connectivity index (χ2n) is 5.95. The number of rotatable bonds is 4. The highest BCUT2D eigenvalue weighted by Gasteiger charge is 2.47. The molecule has 0 aliphatic carbocycles. The van der Waals surface area contributed by atoms with E-state index in [0.717, 1.165) is 0 Å². The van der Waals surface area contributed by atoms with Gasteiger partial charge in [-0.25, -0.2) is 15.0 Å². The highest BCUT2D eigenvalue weighted by Crippen LogP contribution is 2.33. The molecule has 0 saturated carbocycles. The average molecular weight is 358 g/mol. The molecule has 3 aromatic rings. The molecular weight excluding hydrogens is 340 g/mol. The Kier molecular flexibility index (Phi) is 4.17. The van der Waals surface area contributed by atoms with Crippen molar-refractivity contribution in [2.45, 2.75) is 30.8 Å². The third kappa shape index (κ3) is 2.74. The third-order valence-corrected chi connectivity index (χ3v) is 4.28. The fraction of sp³-hybridized carbons (Fsp3) is 0.312. The van der Waals surface area contributed by atoms with Crippen LogP contribution in [0.1, 0.15) is 6.23 Å². The number of para-hydroxylation sites is 1. The van der Waals surface area contributed by atoms with Crippen molar-refractivity contribution in [3.8, 4) is 5.75 Å². The van der Waals surface area contributed by atoms with E-state index in [-0.39, 0.29) is 5.82 Å². The van der Waals surface area contributed by atoms with E-state index in [0.29, 0.717) is 16.9 Å². The van der Waals surface area contributed by atoms with E-state index < -0.39 is 30.8 Å². The monoisotopic (exact) mass is 358 g/mol. The maximum atomic E-state index is 10.4. The zero-order chi connectivity index (χ0) is 18.3. The Morgan fingerprint density at radius 1 is 1.12 bits per heavy atom. The number of aromatic nitrogens is 4. The Hall–Kier alpha value is -2.79. The number of hydrogen-bond donors (Lipinski definition) is 4. The van der Waals surface area contributed by atoms with Crippen LogP contribution in [0.2, 0.25) is 0 Å². The lowest BCUT2D eigenvalue weighted by Gasteiger charge is -2.23. The molecule has 1 fully saturated rings. The number of fused-ring (bicyclic) bond motifs is 1. The van der Waals surface area contributed by atoms with Crippen molar-refractivity contribution in [2.24, 2.45) is 5.73 Å². The molecule has 0 spiro atoms. The van der Waals surface area contributed by atoms with Crippen LogP contribution in [-0.4, -0.2) is 54.3 Å². The van der Waals surface area contributed by atoms with Crippen molar-refractivity contribution < 1.29 is 19.7 Å². The standard InChI is InChI=1S/C16H18N6O4/c17-13-9-15(20-6-19-13)22(7-21-9)16-11(24)10(23)12(26-16)14(18)25-8-4-2-1-3-5-8/h1-7,10-12,14,16,23-24H,18H2,(H2,17,19,20)/t10-,11+,12-,14?,16-/m0/s1. The van der Waals surface area contributed by atoms with Crippen LogP contribution >= 0.6 is 0 Å². The van der Waals surface area contributed by atoms with Gasteiger partial charge in [-0.2, -0.15) is 0 Å². The molecule has 10 heteroatoms. The molecule has 0 bridgehead atoms. The van der Waals surface area contributed by atoms with Gasteiger partial charge in [-0.05, 0) is 12.1 Å². The predicted octanol–water partition coefficient (Wildman–Crippen LogP) is -0.609. The van der Waals surface area contributed by atoms with Gasteiger partial charge in [0.25, 0.3) is 0 Å². The smallest absolute Gasteiger partial charge is 0.176 e. The topological polar surface area (TPSA) is 155 Å². The first-order valence-electron chi connectivity index (χ1n) is 7.98. The number of benzene rings is 1. The van der Waals surface area contributed by atoms with Gasteiger partial charge in [-0.3, -0.25) is 10.3 Å². The van der Waals surface area contributed by atoms with Gasteiger partial charge in [0.1, 0.15) is 35.9 Å². The molecule has 1 saturated heterocycles. The zero-order valence-electron chi connectivity index (χ0n) is 13.6. The van der Waals surface area contributed by atoms with Gasteiger partial charge in [-0.1, -0.05) is 18.2 Å². The fourth-order valence-corrected chi connectivity index (χ4v) is 2.97. The highest BCUT2D eigenvalue weighted by molar-refractivity contribution is 5.81. The van der Waals surface area contributed by atoms with Gasteiger partial charge >= 0.3 is 0 Å². The molecule has 136 valence electrons. The molecule has 5 atom stereocenters. The van der Waals surface area contributed by atoms with E-state index in [9.17, 15) is 10.2 Å². The minimum Gasteiger partial charge on any atom is -0.473 e. The molecule has 0 amide bonds. The second-order valence-corrected chi connectivity index (χ2v) is 5.95. The summed E-state index contributed by atoms with van der Waals surface area (Å²) in [6, 6.07) is 8.91. The summed E-state index contributed by atoms with van der Waals surface area (Å²) in [4.78, 5) is 12.1. The molecule has 6 N–H and O–H groups in total. The Bertz CT molecular complexity index is 904. The van der Waals surface area contributed by atoms with E-state index in [2.05, 4.69) is 15.0 Å². The Morgan fingerprint density at radius 2 is 1.88 bits per heavy atom. The summed E-state index contributed by atoms with van der Waals surface area (Å²) in [5, 5.41) is 20.8. The third-order valence-electron chi connectivity index (χ3n) is 4.28. The van der Waals surface area contributed by atoms with Crippen LogP contribution in [0.5, 0.6) is 5.75 Å². The normalized spacial score (nSPS) is 26.9.